The van der Waals surface area contributed by atoms with E-state index in [2.05, 4.69) is 10.1 Å². The van der Waals surface area contributed by atoms with E-state index in [4.69, 9.17) is 23.2 Å². The molecule has 1 aromatic carbocycles. The molecule has 1 unspecified atom stereocenters. The molecule has 1 N–H and O–H groups in total. The van der Waals surface area contributed by atoms with E-state index in [1.165, 1.54) is 10.7 Å². The maximum absolute atomic E-state index is 12.8. The largest absolute Gasteiger partial charge is 0.355 e. The van der Waals surface area contributed by atoms with E-state index in [-0.39, 0.29) is 17.3 Å². The Morgan fingerprint density at radius 3 is 2.59 bits per heavy atom. The summed E-state index contributed by atoms with van der Waals surface area (Å²) in [4.78, 5) is 27.8. The van der Waals surface area contributed by atoms with Crippen molar-refractivity contribution < 1.29 is 4.79 Å². The van der Waals surface area contributed by atoms with Gasteiger partial charge < -0.3 is 4.98 Å². The van der Waals surface area contributed by atoms with Crippen LogP contribution < -0.4 is 5.56 Å². The highest BCUT2D eigenvalue weighted by Crippen LogP contribution is 2.25. The molecule has 7 heteroatoms. The summed E-state index contributed by atoms with van der Waals surface area (Å²) in [5.41, 5.74) is 3.35. The summed E-state index contributed by atoms with van der Waals surface area (Å²) >= 11 is 11.6. The molecule has 0 aliphatic carbocycles. The highest BCUT2D eigenvalue weighted by atomic mass is 35.5. The number of nitrogens with zero attached hydrogens (tertiary/aromatic N) is 2. The topological polar surface area (TPSA) is 67.8 Å². The minimum Gasteiger partial charge on any atom is -0.355 e. The van der Waals surface area contributed by atoms with Gasteiger partial charge in [0, 0.05) is 34.1 Å². The van der Waals surface area contributed by atoms with Gasteiger partial charge in [-0.05, 0) is 48.9 Å². The normalized spacial score (nSPS) is 12.1. The molecule has 0 saturated heterocycles. The van der Waals surface area contributed by atoms with Crippen LogP contribution in [0.3, 0.4) is 0 Å². The van der Waals surface area contributed by atoms with Crippen LogP contribution in [0.5, 0.6) is 0 Å². The number of rotatable bonds is 6. The average Bonchev–Trinajstić information content (AvgIpc) is 3.05. The number of aromatic nitrogens is 3. The fraction of sp³-hybridized carbons (Fsp3) is 0.250. The Morgan fingerprint density at radius 1 is 1.22 bits per heavy atom. The first-order chi connectivity index (χ1) is 12.9. The van der Waals surface area contributed by atoms with Crippen molar-refractivity contribution in [3.8, 4) is 0 Å². The third-order valence-electron chi connectivity index (χ3n) is 4.46. The maximum Gasteiger partial charge on any atom is 0.266 e. The second kappa shape index (κ2) is 8.11. The molecule has 0 amide bonds. The van der Waals surface area contributed by atoms with Crippen LogP contribution in [0.4, 0.5) is 0 Å². The Kier molecular flexibility index (Phi) is 5.82. The SMILES string of the molecule is Cc1cc(C(C)c2ccc(=O)n(CCCl)n2)[nH]c1C(=O)c1ccc(Cl)cc1. The van der Waals surface area contributed by atoms with Crippen molar-refractivity contribution in [2.24, 2.45) is 0 Å². The molecule has 2 heterocycles. The number of H-pyrrole nitrogens is 1. The van der Waals surface area contributed by atoms with Crippen LogP contribution >= 0.6 is 23.2 Å². The highest BCUT2D eigenvalue weighted by molar-refractivity contribution is 6.30. The first-order valence-electron chi connectivity index (χ1n) is 8.54. The van der Waals surface area contributed by atoms with Crippen molar-refractivity contribution in [3.63, 3.8) is 0 Å². The van der Waals surface area contributed by atoms with E-state index in [0.717, 1.165) is 17.0 Å². The molecule has 0 radical (unpaired) electrons. The number of carbonyl (C=O) groups is 1. The summed E-state index contributed by atoms with van der Waals surface area (Å²) in [7, 11) is 0. The monoisotopic (exact) mass is 403 g/mol. The first-order valence-corrected chi connectivity index (χ1v) is 9.45. The molecule has 1 atom stereocenters. The molecule has 0 spiro atoms. The van der Waals surface area contributed by atoms with E-state index in [0.29, 0.717) is 28.7 Å². The number of halogens is 2. The summed E-state index contributed by atoms with van der Waals surface area (Å²) < 4.78 is 1.36. The zero-order chi connectivity index (χ0) is 19.6. The van der Waals surface area contributed by atoms with Gasteiger partial charge in [-0.15, -0.1) is 11.6 Å². The summed E-state index contributed by atoms with van der Waals surface area (Å²) in [6.45, 7) is 4.21. The van der Waals surface area contributed by atoms with E-state index in [1.807, 2.05) is 19.9 Å². The van der Waals surface area contributed by atoms with Gasteiger partial charge in [0.15, 0.2) is 0 Å². The molecule has 27 heavy (non-hydrogen) atoms. The van der Waals surface area contributed by atoms with E-state index >= 15 is 0 Å². The van der Waals surface area contributed by atoms with Crippen molar-refractivity contribution in [2.75, 3.05) is 5.88 Å². The van der Waals surface area contributed by atoms with Gasteiger partial charge in [-0.2, -0.15) is 5.10 Å². The van der Waals surface area contributed by atoms with Crippen LogP contribution in [0.15, 0.2) is 47.3 Å². The number of carbonyl (C=O) groups excluding carboxylic acids is 1. The van der Waals surface area contributed by atoms with Gasteiger partial charge >= 0.3 is 0 Å². The minimum atomic E-state index is -0.187. The summed E-state index contributed by atoms with van der Waals surface area (Å²) in [5, 5.41) is 4.98. The highest BCUT2D eigenvalue weighted by Gasteiger charge is 2.19. The smallest absolute Gasteiger partial charge is 0.266 e. The number of hydrogen-bond acceptors (Lipinski definition) is 3. The first kappa shape index (κ1) is 19.4. The molecule has 0 bridgehead atoms. The standard InChI is InChI=1S/C20H19Cl2N3O2/c1-12-11-17(13(2)16-7-8-18(26)25(24-16)10-9-21)23-19(12)20(27)14-3-5-15(22)6-4-14/h3-8,11,13,23H,9-10H2,1-2H3. The van der Waals surface area contributed by atoms with Crippen LogP contribution in [-0.4, -0.2) is 26.4 Å². The Balaban J connectivity index is 1.91. The molecule has 0 aliphatic rings. The van der Waals surface area contributed by atoms with E-state index in [9.17, 15) is 9.59 Å². The van der Waals surface area contributed by atoms with Crippen molar-refractivity contribution in [2.45, 2.75) is 26.3 Å². The van der Waals surface area contributed by atoms with Crippen molar-refractivity contribution in [3.05, 3.63) is 86.0 Å². The molecule has 2 aromatic heterocycles. The lowest BCUT2D eigenvalue weighted by Gasteiger charge is -2.11. The Labute approximate surface area is 166 Å². The number of aryl methyl sites for hydroxylation is 2. The van der Waals surface area contributed by atoms with Crippen molar-refractivity contribution >= 4 is 29.0 Å². The maximum atomic E-state index is 12.8. The molecule has 140 valence electrons. The van der Waals surface area contributed by atoms with Gasteiger partial charge in [0.05, 0.1) is 17.9 Å². The van der Waals surface area contributed by atoms with Crippen molar-refractivity contribution in [1.82, 2.24) is 14.8 Å². The Morgan fingerprint density at radius 2 is 1.93 bits per heavy atom. The second-order valence-electron chi connectivity index (χ2n) is 6.35. The molecule has 3 aromatic rings. The van der Waals surface area contributed by atoms with Gasteiger partial charge in [-0.3, -0.25) is 9.59 Å². The molecule has 5 nitrogen and oxygen atoms in total. The summed E-state index contributed by atoms with van der Waals surface area (Å²) in [6, 6.07) is 11.9. The molecule has 0 fully saturated rings. The van der Waals surface area contributed by atoms with Crippen LogP contribution in [0.25, 0.3) is 0 Å². The summed E-state index contributed by atoms with van der Waals surface area (Å²) in [6.07, 6.45) is 0. The van der Waals surface area contributed by atoms with E-state index in [1.54, 1.807) is 30.3 Å². The zero-order valence-corrected chi connectivity index (χ0v) is 16.5. The second-order valence-corrected chi connectivity index (χ2v) is 7.16. The van der Waals surface area contributed by atoms with Crippen molar-refractivity contribution in [1.29, 1.82) is 0 Å². The van der Waals surface area contributed by atoms with Crippen LogP contribution in [-0.2, 0) is 6.54 Å². The van der Waals surface area contributed by atoms with Crippen LogP contribution in [0, 0.1) is 6.92 Å². The number of nitrogens with one attached hydrogen (secondary N) is 1. The van der Waals surface area contributed by atoms with Crippen LogP contribution in [0.1, 0.15) is 45.8 Å². The number of ketones is 1. The lowest BCUT2D eigenvalue weighted by Crippen LogP contribution is -2.24. The van der Waals surface area contributed by atoms with Gasteiger partial charge in [0.2, 0.25) is 5.78 Å². The fourth-order valence-electron chi connectivity index (χ4n) is 2.89. The predicted molar refractivity (Wildman–Crippen MR) is 107 cm³/mol. The van der Waals surface area contributed by atoms with Gasteiger partial charge in [-0.1, -0.05) is 18.5 Å². The summed E-state index contributed by atoms with van der Waals surface area (Å²) in [5.74, 6) is 0.104. The third kappa shape index (κ3) is 4.15. The number of hydrogen-bond donors (Lipinski definition) is 1. The number of aromatic amines is 1. The number of benzene rings is 1. The fourth-order valence-corrected chi connectivity index (χ4v) is 3.18. The predicted octanol–water partition coefficient (Wildman–Crippen LogP) is 4.15. The molecular weight excluding hydrogens is 385 g/mol. The molecular formula is C20H19Cl2N3O2. The Bertz CT molecular complexity index is 1020. The molecule has 0 aliphatic heterocycles. The molecule has 0 saturated carbocycles. The number of alkyl halides is 1. The third-order valence-corrected chi connectivity index (χ3v) is 4.88. The lowest BCUT2D eigenvalue weighted by atomic mass is 10.0. The average molecular weight is 404 g/mol. The Hall–Kier alpha value is -2.37. The van der Waals surface area contributed by atoms with Crippen LogP contribution in [0.2, 0.25) is 5.02 Å². The van der Waals surface area contributed by atoms with E-state index < -0.39 is 0 Å². The quantitative estimate of drug-likeness (QED) is 0.496. The van der Waals surface area contributed by atoms with Gasteiger partial charge in [0.1, 0.15) is 0 Å². The minimum absolute atomic E-state index is 0.0947. The zero-order valence-electron chi connectivity index (χ0n) is 15.0. The van der Waals surface area contributed by atoms with Gasteiger partial charge in [0.25, 0.3) is 5.56 Å². The molecule has 3 rings (SSSR count). The lowest BCUT2D eigenvalue weighted by molar-refractivity contribution is 0.103. The van der Waals surface area contributed by atoms with Gasteiger partial charge in [-0.25, -0.2) is 4.68 Å².